The van der Waals surface area contributed by atoms with Gasteiger partial charge in [0.25, 0.3) is 0 Å². The van der Waals surface area contributed by atoms with Crippen molar-refractivity contribution in [3.05, 3.63) is 12.2 Å². The lowest BCUT2D eigenvalue weighted by Crippen LogP contribution is -2.41. The molecule has 96 valence electrons. The molecule has 0 bridgehead atoms. The van der Waals surface area contributed by atoms with Crippen molar-refractivity contribution in [2.75, 3.05) is 6.54 Å². The molecule has 0 saturated heterocycles. The highest BCUT2D eigenvalue weighted by molar-refractivity contribution is 4.88. The van der Waals surface area contributed by atoms with Crippen LogP contribution in [0, 0.1) is 5.92 Å². The number of hydrogen-bond acceptors (Lipinski definition) is 4. The summed E-state index contributed by atoms with van der Waals surface area (Å²) in [6.07, 6.45) is 6.93. The van der Waals surface area contributed by atoms with Crippen LogP contribution in [0.1, 0.15) is 38.4 Å². The van der Waals surface area contributed by atoms with Crippen LogP contribution in [0.2, 0.25) is 0 Å². The van der Waals surface area contributed by atoms with Gasteiger partial charge in [-0.1, -0.05) is 12.8 Å². The van der Waals surface area contributed by atoms with Crippen LogP contribution in [0.4, 0.5) is 0 Å². The first kappa shape index (κ1) is 12.5. The Morgan fingerprint density at radius 3 is 3.06 bits per heavy atom. The molecule has 0 aromatic carbocycles. The molecule has 1 aliphatic carbocycles. The maximum atomic E-state index is 5.83. The van der Waals surface area contributed by atoms with Gasteiger partial charge < -0.3 is 15.6 Å². The first-order valence-corrected chi connectivity index (χ1v) is 6.65. The van der Waals surface area contributed by atoms with Gasteiger partial charge in [-0.25, -0.2) is 0 Å². The highest BCUT2D eigenvalue weighted by Gasteiger charge is 2.23. The summed E-state index contributed by atoms with van der Waals surface area (Å²) in [5, 5.41) is 11.7. The first-order chi connectivity index (χ1) is 8.35. The Balaban J connectivity index is 1.88. The van der Waals surface area contributed by atoms with Crippen molar-refractivity contribution in [3.8, 4) is 0 Å². The Hall–Kier alpha value is -0.940. The van der Waals surface area contributed by atoms with Crippen LogP contribution in [0.5, 0.6) is 0 Å². The molecule has 0 spiro atoms. The summed E-state index contributed by atoms with van der Waals surface area (Å²) < 4.78 is 2.08. The summed E-state index contributed by atoms with van der Waals surface area (Å²) in [5.41, 5.74) is 5.83. The summed E-state index contributed by atoms with van der Waals surface area (Å²) in [5.74, 6) is 1.65. The summed E-state index contributed by atoms with van der Waals surface area (Å²) in [6, 6.07) is 0.552. The van der Waals surface area contributed by atoms with Crippen molar-refractivity contribution >= 4 is 0 Å². The Labute approximate surface area is 103 Å². The molecule has 2 atom stereocenters. The lowest BCUT2D eigenvalue weighted by Gasteiger charge is -2.31. The number of aryl methyl sites for hydroxylation is 1. The van der Waals surface area contributed by atoms with E-state index in [0.717, 1.165) is 25.5 Å². The van der Waals surface area contributed by atoms with Crippen LogP contribution in [0.25, 0.3) is 0 Å². The first-order valence-electron chi connectivity index (χ1n) is 6.65. The van der Waals surface area contributed by atoms with E-state index in [1.807, 2.05) is 0 Å². The summed E-state index contributed by atoms with van der Waals surface area (Å²) >= 11 is 0. The van der Waals surface area contributed by atoms with Gasteiger partial charge in [-0.3, -0.25) is 0 Å². The van der Waals surface area contributed by atoms with Gasteiger partial charge in [0.15, 0.2) is 0 Å². The third kappa shape index (κ3) is 3.04. The van der Waals surface area contributed by atoms with Gasteiger partial charge in [0.05, 0.1) is 6.54 Å². The number of nitrogens with two attached hydrogens (primary N) is 1. The zero-order valence-corrected chi connectivity index (χ0v) is 10.6. The number of aromatic nitrogens is 3. The van der Waals surface area contributed by atoms with Crippen molar-refractivity contribution in [1.29, 1.82) is 0 Å². The Kier molecular flexibility index (Phi) is 4.50. The normalized spacial score (nSPS) is 25.1. The second-order valence-electron chi connectivity index (χ2n) is 4.80. The average molecular weight is 237 g/mol. The van der Waals surface area contributed by atoms with Crippen LogP contribution in [0.15, 0.2) is 6.33 Å². The van der Waals surface area contributed by atoms with E-state index in [2.05, 4.69) is 27.0 Å². The third-order valence-corrected chi connectivity index (χ3v) is 3.77. The predicted molar refractivity (Wildman–Crippen MR) is 67.3 cm³/mol. The molecular weight excluding hydrogens is 214 g/mol. The molecule has 0 aliphatic heterocycles. The topological polar surface area (TPSA) is 68.8 Å². The highest BCUT2D eigenvalue weighted by atomic mass is 15.3. The van der Waals surface area contributed by atoms with E-state index < -0.39 is 0 Å². The van der Waals surface area contributed by atoms with Crippen LogP contribution < -0.4 is 11.1 Å². The number of nitrogens with zero attached hydrogens (tertiary/aromatic N) is 3. The summed E-state index contributed by atoms with van der Waals surface area (Å²) in [6.45, 7) is 4.62. The fourth-order valence-electron chi connectivity index (χ4n) is 2.66. The summed E-state index contributed by atoms with van der Waals surface area (Å²) in [4.78, 5) is 0. The van der Waals surface area contributed by atoms with Crippen molar-refractivity contribution in [2.45, 2.75) is 51.7 Å². The SMILES string of the molecule is CCn1cnnc1CNC1CCCCC1CN. The number of nitrogens with one attached hydrogen (secondary N) is 1. The van der Waals surface area contributed by atoms with Gasteiger partial charge >= 0.3 is 0 Å². The molecule has 1 fully saturated rings. The lowest BCUT2D eigenvalue weighted by atomic mass is 9.84. The molecule has 2 unspecified atom stereocenters. The highest BCUT2D eigenvalue weighted by Crippen LogP contribution is 2.23. The fourth-order valence-corrected chi connectivity index (χ4v) is 2.66. The smallest absolute Gasteiger partial charge is 0.146 e. The van der Waals surface area contributed by atoms with E-state index in [9.17, 15) is 0 Å². The molecule has 1 aliphatic rings. The molecule has 3 N–H and O–H groups in total. The minimum absolute atomic E-state index is 0.552. The fraction of sp³-hybridized carbons (Fsp3) is 0.833. The Morgan fingerprint density at radius 1 is 1.47 bits per heavy atom. The van der Waals surface area contributed by atoms with Gasteiger partial charge in [0, 0.05) is 12.6 Å². The van der Waals surface area contributed by atoms with Gasteiger partial charge in [-0.15, -0.1) is 10.2 Å². The maximum Gasteiger partial charge on any atom is 0.146 e. The van der Waals surface area contributed by atoms with E-state index in [4.69, 9.17) is 5.73 Å². The van der Waals surface area contributed by atoms with Crippen molar-refractivity contribution in [3.63, 3.8) is 0 Å². The molecule has 0 radical (unpaired) electrons. The lowest BCUT2D eigenvalue weighted by molar-refractivity contribution is 0.264. The van der Waals surface area contributed by atoms with Crippen LogP contribution in [-0.2, 0) is 13.1 Å². The molecule has 1 aromatic rings. The van der Waals surface area contributed by atoms with Gasteiger partial charge in [-0.2, -0.15) is 0 Å². The zero-order valence-electron chi connectivity index (χ0n) is 10.6. The van der Waals surface area contributed by atoms with Crippen LogP contribution in [0.3, 0.4) is 0 Å². The molecule has 17 heavy (non-hydrogen) atoms. The Morgan fingerprint density at radius 2 is 2.29 bits per heavy atom. The standard InChI is InChI=1S/C12H23N5/c1-2-17-9-15-16-12(17)8-14-11-6-4-3-5-10(11)7-13/h9-11,14H,2-8,13H2,1H3. The second kappa shape index (κ2) is 6.12. The average Bonchev–Trinajstić information content (AvgIpc) is 2.84. The van der Waals surface area contributed by atoms with E-state index in [1.165, 1.54) is 25.7 Å². The predicted octanol–water partition coefficient (Wildman–Crippen LogP) is 0.905. The van der Waals surface area contributed by atoms with Crippen molar-refractivity contribution < 1.29 is 0 Å². The van der Waals surface area contributed by atoms with E-state index in [1.54, 1.807) is 6.33 Å². The van der Waals surface area contributed by atoms with Gasteiger partial charge in [0.2, 0.25) is 0 Å². The number of rotatable bonds is 5. The molecule has 1 heterocycles. The van der Waals surface area contributed by atoms with E-state index in [-0.39, 0.29) is 0 Å². The third-order valence-electron chi connectivity index (χ3n) is 3.77. The minimum Gasteiger partial charge on any atom is -0.330 e. The number of hydrogen-bond donors (Lipinski definition) is 2. The van der Waals surface area contributed by atoms with E-state index in [0.29, 0.717) is 12.0 Å². The minimum atomic E-state index is 0.552. The molecule has 5 heteroatoms. The second-order valence-corrected chi connectivity index (χ2v) is 4.80. The van der Waals surface area contributed by atoms with Gasteiger partial charge in [0.1, 0.15) is 12.2 Å². The van der Waals surface area contributed by atoms with Gasteiger partial charge in [-0.05, 0) is 32.2 Å². The summed E-state index contributed by atoms with van der Waals surface area (Å²) in [7, 11) is 0. The van der Waals surface area contributed by atoms with E-state index >= 15 is 0 Å². The molecular formula is C12H23N5. The molecule has 5 nitrogen and oxygen atoms in total. The monoisotopic (exact) mass is 237 g/mol. The van der Waals surface area contributed by atoms with Crippen molar-refractivity contribution in [1.82, 2.24) is 20.1 Å². The molecule has 2 rings (SSSR count). The zero-order chi connectivity index (χ0) is 12.1. The molecule has 0 amide bonds. The molecule has 1 saturated carbocycles. The largest absolute Gasteiger partial charge is 0.330 e. The van der Waals surface area contributed by atoms with Crippen LogP contribution >= 0.6 is 0 Å². The van der Waals surface area contributed by atoms with Crippen LogP contribution in [-0.4, -0.2) is 27.4 Å². The quantitative estimate of drug-likeness (QED) is 0.798. The molecule has 1 aromatic heterocycles. The Bertz CT molecular complexity index is 335. The van der Waals surface area contributed by atoms with Crippen molar-refractivity contribution in [2.24, 2.45) is 11.7 Å². The maximum absolute atomic E-state index is 5.83.